The molecule has 1 fully saturated rings. The van der Waals surface area contributed by atoms with Crippen LogP contribution in [0.15, 0.2) is 24.3 Å². The van der Waals surface area contributed by atoms with Crippen molar-refractivity contribution < 1.29 is 4.74 Å². The Labute approximate surface area is 97.4 Å². The van der Waals surface area contributed by atoms with Crippen LogP contribution in [0.5, 0.6) is 5.75 Å². The summed E-state index contributed by atoms with van der Waals surface area (Å²) in [5.74, 6) is 0.958. The molecular weight excluding hydrogens is 200 g/mol. The van der Waals surface area contributed by atoms with Gasteiger partial charge in [0.2, 0.25) is 0 Å². The first kappa shape index (κ1) is 11.3. The normalized spacial score (nSPS) is 19.8. The molecule has 0 radical (unpaired) electrons. The van der Waals surface area contributed by atoms with Gasteiger partial charge in [-0.1, -0.05) is 6.07 Å². The largest absolute Gasteiger partial charge is 0.492 e. The second kappa shape index (κ2) is 5.21. The van der Waals surface area contributed by atoms with Crippen molar-refractivity contribution in [3.63, 3.8) is 0 Å². The standard InChI is InChI=1S/C13H20N2O/c1-15(2)12-6-3-7-13(9-12)16-10-11-5-4-8-14-11/h3,6-7,9,11,14H,4-5,8,10H2,1-2H3/t11-/m0/s1. The van der Waals surface area contributed by atoms with Crippen molar-refractivity contribution in [2.75, 3.05) is 32.1 Å². The minimum atomic E-state index is 0.531. The number of nitrogens with one attached hydrogen (secondary N) is 1. The summed E-state index contributed by atoms with van der Waals surface area (Å²) in [7, 11) is 4.08. The van der Waals surface area contributed by atoms with Crippen LogP contribution in [0.2, 0.25) is 0 Å². The summed E-state index contributed by atoms with van der Waals surface area (Å²) < 4.78 is 5.79. The van der Waals surface area contributed by atoms with E-state index in [1.54, 1.807) is 0 Å². The zero-order chi connectivity index (χ0) is 11.4. The number of hydrogen-bond acceptors (Lipinski definition) is 3. The zero-order valence-electron chi connectivity index (χ0n) is 10.1. The van der Waals surface area contributed by atoms with Crippen LogP contribution in [0.4, 0.5) is 5.69 Å². The second-order valence-corrected chi connectivity index (χ2v) is 4.50. The zero-order valence-corrected chi connectivity index (χ0v) is 10.1. The van der Waals surface area contributed by atoms with Crippen LogP contribution < -0.4 is 15.0 Å². The number of ether oxygens (including phenoxy) is 1. The van der Waals surface area contributed by atoms with E-state index in [-0.39, 0.29) is 0 Å². The average molecular weight is 220 g/mol. The lowest BCUT2D eigenvalue weighted by Crippen LogP contribution is -2.28. The van der Waals surface area contributed by atoms with E-state index < -0.39 is 0 Å². The Kier molecular flexibility index (Phi) is 3.67. The first-order valence-electron chi connectivity index (χ1n) is 5.89. The Morgan fingerprint density at radius 3 is 3.00 bits per heavy atom. The molecule has 16 heavy (non-hydrogen) atoms. The highest BCUT2D eigenvalue weighted by Crippen LogP contribution is 2.19. The minimum Gasteiger partial charge on any atom is -0.492 e. The van der Waals surface area contributed by atoms with Gasteiger partial charge in [-0.05, 0) is 31.5 Å². The quantitative estimate of drug-likeness (QED) is 0.838. The highest BCUT2D eigenvalue weighted by atomic mass is 16.5. The van der Waals surface area contributed by atoms with E-state index in [2.05, 4.69) is 22.3 Å². The summed E-state index contributed by atoms with van der Waals surface area (Å²) in [6.07, 6.45) is 2.50. The third-order valence-corrected chi connectivity index (χ3v) is 2.95. The lowest BCUT2D eigenvalue weighted by molar-refractivity contribution is 0.277. The molecule has 1 atom stereocenters. The highest BCUT2D eigenvalue weighted by molar-refractivity contribution is 5.49. The van der Waals surface area contributed by atoms with Crippen LogP contribution in [0.3, 0.4) is 0 Å². The number of hydrogen-bond donors (Lipinski definition) is 1. The molecule has 88 valence electrons. The molecule has 3 heteroatoms. The first-order valence-corrected chi connectivity index (χ1v) is 5.89. The molecule has 0 aromatic heterocycles. The molecule has 1 aromatic rings. The molecule has 0 bridgehead atoms. The van der Waals surface area contributed by atoms with Crippen molar-refractivity contribution in [2.45, 2.75) is 18.9 Å². The van der Waals surface area contributed by atoms with Crippen LogP contribution >= 0.6 is 0 Å². The van der Waals surface area contributed by atoms with Gasteiger partial charge in [0.25, 0.3) is 0 Å². The van der Waals surface area contributed by atoms with E-state index in [0.717, 1.165) is 18.9 Å². The van der Waals surface area contributed by atoms with Gasteiger partial charge >= 0.3 is 0 Å². The van der Waals surface area contributed by atoms with Gasteiger partial charge in [-0.2, -0.15) is 0 Å². The Balaban J connectivity index is 1.90. The average Bonchev–Trinajstić information content (AvgIpc) is 2.79. The molecule has 0 spiro atoms. The molecule has 0 amide bonds. The maximum atomic E-state index is 5.79. The summed E-state index contributed by atoms with van der Waals surface area (Å²) >= 11 is 0. The first-order chi connectivity index (χ1) is 7.75. The van der Waals surface area contributed by atoms with Gasteiger partial charge < -0.3 is 15.0 Å². The maximum absolute atomic E-state index is 5.79. The van der Waals surface area contributed by atoms with E-state index in [1.165, 1.54) is 18.5 Å². The SMILES string of the molecule is CN(C)c1cccc(OC[C@@H]2CCCN2)c1. The van der Waals surface area contributed by atoms with Crippen molar-refractivity contribution >= 4 is 5.69 Å². The molecular formula is C13H20N2O. The van der Waals surface area contributed by atoms with Crippen LogP contribution in [0.1, 0.15) is 12.8 Å². The molecule has 1 aromatic carbocycles. The lowest BCUT2D eigenvalue weighted by Gasteiger charge is -2.15. The molecule has 0 unspecified atom stereocenters. The number of nitrogens with zero attached hydrogens (tertiary/aromatic N) is 1. The minimum absolute atomic E-state index is 0.531. The predicted molar refractivity (Wildman–Crippen MR) is 67.3 cm³/mol. The van der Waals surface area contributed by atoms with Crippen LogP contribution in [0.25, 0.3) is 0 Å². The van der Waals surface area contributed by atoms with Gasteiger partial charge in [-0.3, -0.25) is 0 Å². The topological polar surface area (TPSA) is 24.5 Å². The van der Waals surface area contributed by atoms with Crippen LogP contribution in [0, 0.1) is 0 Å². The number of anilines is 1. The van der Waals surface area contributed by atoms with Gasteiger partial charge in [-0.25, -0.2) is 0 Å². The van der Waals surface area contributed by atoms with E-state index >= 15 is 0 Å². The molecule has 0 aliphatic carbocycles. The highest BCUT2D eigenvalue weighted by Gasteiger charge is 2.14. The third-order valence-electron chi connectivity index (χ3n) is 2.95. The molecule has 1 aliphatic heterocycles. The Morgan fingerprint density at radius 1 is 1.44 bits per heavy atom. The summed E-state index contributed by atoms with van der Waals surface area (Å²) in [4.78, 5) is 2.08. The molecule has 0 saturated carbocycles. The van der Waals surface area contributed by atoms with Gasteiger partial charge in [-0.15, -0.1) is 0 Å². The fourth-order valence-electron chi connectivity index (χ4n) is 1.95. The van der Waals surface area contributed by atoms with E-state index in [9.17, 15) is 0 Å². The predicted octanol–water partition coefficient (Wildman–Crippen LogP) is 1.88. The monoisotopic (exact) mass is 220 g/mol. The summed E-state index contributed by atoms with van der Waals surface area (Å²) in [6.45, 7) is 1.91. The smallest absolute Gasteiger partial charge is 0.121 e. The Bertz CT molecular complexity index is 332. The van der Waals surface area contributed by atoms with Crippen molar-refractivity contribution in [1.29, 1.82) is 0 Å². The van der Waals surface area contributed by atoms with Crippen molar-refractivity contribution in [3.8, 4) is 5.75 Å². The molecule has 1 aliphatic rings. The van der Waals surface area contributed by atoms with Crippen molar-refractivity contribution in [1.82, 2.24) is 5.32 Å². The van der Waals surface area contributed by atoms with E-state index in [0.29, 0.717) is 6.04 Å². The molecule has 1 N–H and O–H groups in total. The lowest BCUT2D eigenvalue weighted by atomic mass is 10.2. The Morgan fingerprint density at radius 2 is 2.31 bits per heavy atom. The number of benzene rings is 1. The van der Waals surface area contributed by atoms with E-state index in [4.69, 9.17) is 4.74 Å². The fourth-order valence-corrected chi connectivity index (χ4v) is 1.95. The molecule has 1 heterocycles. The van der Waals surface area contributed by atoms with Gasteiger partial charge in [0.05, 0.1) is 0 Å². The van der Waals surface area contributed by atoms with E-state index in [1.807, 2.05) is 26.2 Å². The molecule has 1 saturated heterocycles. The second-order valence-electron chi connectivity index (χ2n) is 4.50. The Hall–Kier alpha value is -1.22. The van der Waals surface area contributed by atoms with Crippen molar-refractivity contribution in [3.05, 3.63) is 24.3 Å². The van der Waals surface area contributed by atoms with Crippen LogP contribution in [-0.4, -0.2) is 33.3 Å². The van der Waals surface area contributed by atoms with Crippen molar-refractivity contribution in [2.24, 2.45) is 0 Å². The maximum Gasteiger partial charge on any atom is 0.121 e. The number of rotatable bonds is 4. The van der Waals surface area contributed by atoms with Gasteiger partial charge in [0.1, 0.15) is 12.4 Å². The summed E-state index contributed by atoms with van der Waals surface area (Å²) in [5.41, 5.74) is 1.18. The summed E-state index contributed by atoms with van der Waals surface area (Å²) in [5, 5.41) is 3.43. The fraction of sp³-hybridized carbons (Fsp3) is 0.538. The van der Waals surface area contributed by atoms with Gasteiger partial charge in [0.15, 0.2) is 0 Å². The molecule has 3 nitrogen and oxygen atoms in total. The third kappa shape index (κ3) is 2.89. The molecule has 2 rings (SSSR count). The van der Waals surface area contributed by atoms with Crippen LogP contribution in [-0.2, 0) is 0 Å². The van der Waals surface area contributed by atoms with Gasteiger partial charge in [0, 0.05) is 31.9 Å². The summed E-state index contributed by atoms with van der Waals surface area (Å²) in [6, 6.07) is 8.74.